The van der Waals surface area contributed by atoms with Crippen LogP contribution in [0.5, 0.6) is 0 Å². The van der Waals surface area contributed by atoms with Gasteiger partial charge in [-0.15, -0.1) is 0 Å². The number of rotatable bonds is 5. The van der Waals surface area contributed by atoms with Crippen LogP contribution in [0.4, 0.5) is 4.79 Å². The summed E-state index contributed by atoms with van der Waals surface area (Å²) in [4.78, 5) is 39.5. The fraction of sp³-hybridized carbons (Fsp3) is 0.625. The van der Waals surface area contributed by atoms with Crippen LogP contribution in [0.3, 0.4) is 0 Å². The number of imide groups is 1. The predicted octanol–water partition coefficient (Wildman–Crippen LogP) is 4.12. The van der Waals surface area contributed by atoms with Crippen LogP contribution in [0.1, 0.15) is 83.9 Å². The van der Waals surface area contributed by atoms with Gasteiger partial charge in [-0.1, -0.05) is 58.9 Å². The van der Waals surface area contributed by atoms with Gasteiger partial charge in [0.1, 0.15) is 12.1 Å². The van der Waals surface area contributed by atoms with Gasteiger partial charge in [0.05, 0.1) is 6.04 Å². The molecule has 1 aliphatic carbocycles. The maximum Gasteiger partial charge on any atom is 0.325 e. The summed E-state index contributed by atoms with van der Waals surface area (Å²) >= 11 is 0. The van der Waals surface area contributed by atoms with Gasteiger partial charge in [0.25, 0.3) is 5.91 Å². The molecule has 4 amide bonds. The number of carbonyl (C=O) groups is 3. The maximum atomic E-state index is 13.2. The van der Waals surface area contributed by atoms with E-state index in [0.29, 0.717) is 24.7 Å². The first-order chi connectivity index (χ1) is 13.9. The van der Waals surface area contributed by atoms with E-state index in [0.717, 1.165) is 16.9 Å². The zero-order valence-electron chi connectivity index (χ0n) is 19.0. The number of benzene rings is 1. The lowest BCUT2D eigenvalue weighted by atomic mass is 9.64. The molecule has 3 atom stereocenters. The van der Waals surface area contributed by atoms with Crippen molar-refractivity contribution in [2.45, 2.75) is 78.3 Å². The van der Waals surface area contributed by atoms with Gasteiger partial charge < -0.3 is 10.6 Å². The molecular weight excluding hydrogens is 378 g/mol. The van der Waals surface area contributed by atoms with Crippen molar-refractivity contribution in [1.82, 2.24) is 15.5 Å². The molecule has 2 fully saturated rings. The monoisotopic (exact) mass is 413 g/mol. The third kappa shape index (κ3) is 4.52. The minimum absolute atomic E-state index is 0.0322. The predicted molar refractivity (Wildman–Crippen MR) is 117 cm³/mol. The average molecular weight is 414 g/mol. The second-order valence-electron chi connectivity index (χ2n) is 10.4. The number of hydrogen-bond acceptors (Lipinski definition) is 3. The Balaban J connectivity index is 1.65. The Morgan fingerprint density at radius 1 is 1.13 bits per heavy atom. The van der Waals surface area contributed by atoms with Crippen LogP contribution in [0.2, 0.25) is 0 Å². The molecular formula is C24H35N3O3. The average Bonchev–Trinajstić information content (AvgIpc) is 2.83. The quantitative estimate of drug-likeness (QED) is 0.713. The lowest BCUT2D eigenvalue weighted by Gasteiger charge is -2.43. The molecule has 1 aromatic carbocycles. The molecule has 3 unspecified atom stereocenters. The molecule has 1 aromatic rings. The highest BCUT2D eigenvalue weighted by Crippen LogP contribution is 2.46. The van der Waals surface area contributed by atoms with Crippen LogP contribution in [0, 0.1) is 11.3 Å². The van der Waals surface area contributed by atoms with E-state index in [1.165, 1.54) is 5.56 Å². The number of hydrogen-bond donors (Lipinski definition) is 2. The van der Waals surface area contributed by atoms with Crippen LogP contribution in [0.25, 0.3) is 0 Å². The smallest absolute Gasteiger partial charge is 0.325 e. The Morgan fingerprint density at radius 3 is 2.30 bits per heavy atom. The van der Waals surface area contributed by atoms with Gasteiger partial charge in [0.15, 0.2) is 0 Å². The third-order valence-electron chi connectivity index (χ3n) is 6.41. The zero-order chi connectivity index (χ0) is 22.3. The molecule has 30 heavy (non-hydrogen) atoms. The Bertz CT molecular complexity index is 831. The summed E-state index contributed by atoms with van der Waals surface area (Å²) in [5, 5.41) is 5.84. The molecule has 1 saturated carbocycles. The Labute approximate surface area is 179 Å². The number of nitrogens with zero attached hydrogens (tertiary/aromatic N) is 1. The first kappa shape index (κ1) is 22.3. The van der Waals surface area contributed by atoms with Crippen molar-refractivity contribution in [1.29, 1.82) is 0 Å². The summed E-state index contributed by atoms with van der Waals surface area (Å²) < 4.78 is 0. The van der Waals surface area contributed by atoms with Crippen molar-refractivity contribution in [2.24, 2.45) is 11.3 Å². The van der Waals surface area contributed by atoms with Gasteiger partial charge in [-0.2, -0.15) is 0 Å². The van der Waals surface area contributed by atoms with E-state index >= 15 is 0 Å². The van der Waals surface area contributed by atoms with Crippen LogP contribution in [-0.2, 0) is 9.59 Å². The van der Waals surface area contributed by atoms with Gasteiger partial charge in [-0.25, -0.2) is 4.79 Å². The molecule has 2 aliphatic rings. The standard InChI is InChI=1S/C24H35N3O3/c1-15(2)18-7-9-19(10-8-18)17(4)25-20(28)13-27-21(29)24(26-22(27)30)12-16(3)11-23(5,6)14-24/h7-10,15-17H,11-14H2,1-6H3,(H,25,28)(H,26,30). The van der Waals surface area contributed by atoms with Gasteiger partial charge in [0, 0.05) is 0 Å². The van der Waals surface area contributed by atoms with E-state index in [9.17, 15) is 14.4 Å². The first-order valence-corrected chi connectivity index (χ1v) is 11.0. The largest absolute Gasteiger partial charge is 0.348 e. The van der Waals surface area contributed by atoms with E-state index in [2.05, 4.69) is 57.4 Å². The topological polar surface area (TPSA) is 78.5 Å². The van der Waals surface area contributed by atoms with Gasteiger partial charge >= 0.3 is 6.03 Å². The van der Waals surface area contributed by atoms with Crippen LogP contribution in [-0.4, -0.2) is 34.8 Å². The van der Waals surface area contributed by atoms with Gasteiger partial charge in [-0.3, -0.25) is 14.5 Å². The summed E-state index contributed by atoms with van der Waals surface area (Å²) in [6, 6.07) is 7.48. The van der Waals surface area contributed by atoms with Gasteiger partial charge in [0.2, 0.25) is 5.91 Å². The molecule has 6 heteroatoms. The molecule has 1 saturated heterocycles. The van der Waals surface area contributed by atoms with E-state index in [4.69, 9.17) is 0 Å². The SMILES string of the molecule is CC1CC(C)(C)CC2(C1)NC(=O)N(CC(=O)NC(C)c1ccc(C(C)C)cc1)C2=O. The number of amides is 4. The lowest BCUT2D eigenvalue weighted by Crippen LogP contribution is -2.54. The minimum atomic E-state index is -0.878. The van der Waals surface area contributed by atoms with E-state index in [1.54, 1.807) is 0 Å². The molecule has 1 spiro atoms. The molecule has 1 aliphatic heterocycles. The Morgan fingerprint density at radius 2 is 1.73 bits per heavy atom. The lowest BCUT2D eigenvalue weighted by molar-refractivity contribution is -0.137. The highest BCUT2D eigenvalue weighted by molar-refractivity contribution is 6.09. The van der Waals surface area contributed by atoms with Crippen LogP contribution >= 0.6 is 0 Å². The van der Waals surface area contributed by atoms with Crippen LogP contribution < -0.4 is 10.6 Å². The number of urea groups is 1. The summed E-state index contributed by atoms with van der Waals surface area (Å²) in [5.74, 6) is 0.180. The summed E-state index contributed by atoms with van der Waals surface area (Å²) in [7, 11) is 0. The van der Waals surface area contributed by atoms with Crippen LogP contribution in [0.15, 0.2) is 24.3 Å². The third-order valence-corrected chi connectivity index (χ3v) is 6.41. The highest BCUT2D eigenvalue weighted by atomic mass is 16.2. The van der Waals surface area contributed by atoms with E-state index in [-0.39, 0.29) is 29.8 Å². The van der Waals surface area contributed by atoms with E-state index < -0.39 is 11.6 Å². The van der Waals surface area contributed by atoms with Crippen molar-refractivity contribution >= 4 is 17.8 Å². The molecule has 164 valence electrons. The zero-order valence-corrected chi connectivity index (χ0v) is 19.0. The van der Waals surface area contributed by atoms with Crippen molar-refractivity contribution in [3.8, 4) is 0 Å². The van der Waals surface area contributed by atoms with Crippen molar-refractivity contribution < 1.29 is 14.4 Å². The first-order valence-electron chi connectivity index (χ1n) is 11.0. The second kappa shape index (κ2) is 8.05. The molecule has 3 rings (SSSR count). The summed E-state index contributed by atoms with van der Waals surface area (Å²) in [5.41, 5.74) is 1.32. The molecule has 0 aromatic heterocycles. The molecule has 0 radical (unpaired) electrons. The normalized spacial score (nSPS) is 26.8. The summed E-state index contributed by atoms with van der Waals surface area (Å²) in [6.45, 7) is 12.3. The van der Waals surface area contributed by atoms with Gasteiger partial charge in [-0.05, 0) is 54.6 Å². The fourth-order valence-electron chi connectivity index (χ4n) is 5.33. The van der Waals surface area contributed by atoms with Crippen molar-refractivity contribution in [3.05, 3.63) is 35.4 Å². The number of nitrogens with one attached hydrogen (secondary N) is 2. The molecule has 2 N–H and O–H groups in total. The Kier molecular flexibility index (Phi) is 5.99. The van der Waals surface area contributed by atoms with Crippen molar-refractivity contribution in [3.63, 3.8) is 0 Å². The molecule has 0 bridgehead atoms. The fourth-order valence-corrected chi connectivity index (χ4v) is 5.33. The molecule has 1 heterocycles. The van der Waals surface area contributed by atoms with E-state index in [1.807, 2.05) is 19.1 Å². The summed E-state index contributed by atoms with van der Waals surface area (Å²) in [6.07, 6.45) is 2.24. The highest BCUT2D eigenvalue weighted by Gasteiger charge is 2.56. The Hall–Kier alpha value is -2.37. The molecule has 6 nitrogen and oxygen atoms in total. The minimum Gasteiger partial charge on any atom is -0.348 e. The number of carbonyl (C=O) groups excluding carboxylic acids is 3. The second-order valence-corrected chi connectivity index (χ2v) is 10.4. The maximum absolute atomic E-state index is 13.2. The van der Waals surface area contributed by atoms with Crippen molar-refractivity contribution in [2.75, 3.05) is 6.54 Å².